The Morgan fingerprint density at radius 1 is 1.65 bits per heavy atom. The maximum absolute atomic E-state index is 11.8. The number of rotatable bonds is 3. The molecule has 0 bridgehead atoms. The van der Waals surface area contributed by atoms with Gasteiger partial charge in [0.05, 0.1) is 18.3 Å². The van der Waals surface area contributed by atoms with Gasteiger partial charge in [0.15, 0.2) is 6.23 Å². The van der Waals surface area contributed by atoms with Crippen molar-refractivity contribution in [2.45, 2.75) is 24.9 Å². The predicted octanol–water partition coefficient (Wildman–Crippen LogP) is 0.306. The molecule has 20 heavy (non-hydrogen) atoms. The summed E-state index contributed by atoms with van der Waals surface area (Å²) in [5.41, 5.74) is -0.949. The number of ether oxygens (including phenoxy) is 1. The molecule has 1 aromatic heterocycles. The van der Waals surface area contributed by atoms with E-state index in [-0.39, 0.29) is 18.6 Å². The molecule has 3 N–H and O–H groups in total. The van der Waals surface area contributed by atoms with E-state index in [0.717, 1.165) is 4.57 Å². The van der Waals surface area contributed by atoms with Crippen LogP contribution < -0.4 is 11.2 Å². The molecular formula is C11H12BrIN2O5. The number of nitrogens with zero attached hydrogens (tertiary/aromatic N) is 1. The van der Waals surface area contributed by atoms with Crippen LogP contribution >= 0.6 is 38.5 Å². The topological polar surface area (TPSA) is 105 Å². The minimum Gasteiger partial charge on any atom is -0.394 e. The van der Waals surface area contributed by atoms with Crippen molar-refractivity contribution < 1.29 is 14.9 Å². The normalized spacial score (nSPS) is 27.0. The van der Waals surface area contributed by atoms with Gasteiger partial charge in [-0.05, 0) is 20.0 Å². The Bertz CT molecular complexity index is 640. The first-order valence-electron chi connectivity index (χ1n) is 5.74. The van der Waals surface area contributed by atoms with Gasteiger partial charge in [-0.15, -0.1) is 0 Å². The summed E-state index contributed by atoms with van der Waals surface area (Å²) in [7, 11) is 0. The lowest BCUT2D eigenvalue weighted by Crippen LogP contribution is -2.36. The van der Waals surface area contributed by atoms with Gasteiger partial charge in [-0.25, -0.2) is 4.79 Å². The van der Waals surface area contributed by atoms with E-state index in [9.17, 15) is 14.7 Å². The van der Waals surface area contributed by atoms with Gasteiger partial charge in [-0.3, -0.25) is 14.3 Å². The summed E-state index contributed by atoms with van der Waals surface area (Å²) in [5.74, 6) is 0. The first-order valence-corrected chi connectivity index (χ1v) is 7.78. The van der Waals surface area contributed by atoms with Gasteiger partial charge in [0, 0.05) is 17.1 Å². The van der Waals surface area contributed by atoms with Crippen LogP contribution in [0.5, 0.6) is 0 Å². The second kappa shape index (κ2) is 6.52. The minimum atomic E-state index is -0.926. The van der Waals surface area contributed by atoms with Crippen LogP contribution in [0.3, 0.4) is 0 Å². The number of aliphatic hydroxyl groups is 2. The van der Waals surface area contributed by atoms with Crippen molar-refractivity contribution in [1.29, 1.82) is 0 Å². The summed E-state index contributed by atoms with van der Waals surface area (Å²) >= 11 is 5.17. The van der Waals surface area contributed by atoms with E-state index in [0.29, 0.717) is 4.48 Å². The van der Waals surface area contributed by atoms with Gasteiger partial charge in [0.1, 0.15) is 6.10 Å². The fourth-order valence-corrected chi connectivity index (χ4v) is 2.62. The third kappa shape index (κ3) is 3.06. The summed E-state index contributed by atoms with van der Waals surface area (Å²) in [6, 6.07) is 0. The molecule has 1 fully saturated rings. The van der Waals surface area contributed by atoms with Gasteiger partial charge >= 0.3 is 5.69 Å². The van der Waals surface area contributed by atoms with Crippen molar-refractivity contribution in [3.05, 3.63) is 36.7 Å². The van der Waals surface area contributed by atoms with E-state index in [1.807, 2.05) is 22.6 Å². The second-order valence-electron chi connectivity index (χ2n) is 4.30. The molecule has 2 rings (SSSR count). The number of aliphatic hydroxyl groups excluding tert-OH is 2. The molecule has 2 heterocycles. The number of aromatic nitrogens is 2. The van der Waals surface area contributed by atoms with E-state index < -0.39 is 29.7 Å². The Morgan fingerprint density at radius 2 is 2.35 bits per heavy atom. The van der Waals surface area contributed by atoms with Gasteiger partial charge in [0.25, 0.3) is 5.56 Å². The highest BCUT2D eigenvalue weighted by molar-refractivity contribution is 14.1. The van der Waals surface area contributed by atoms with Crippen molar-refractivity contribution in [3.63, 3.8) is 0 Å². The molecule has 1 unspecified atom stereocenters. The molecule has 1 saturated heterocycles. The van der Waals surface area contributed by atoms with Gasteiger partial charge in [-0.1, -0.05) is 22.6 Å². The average Bonchev–Trinajstić information content (AvgIpc) is 2.79. The number of halogens is 2. The highest BCUT2D eigenvalue weighted by Gasteiger charge is 2.35. The maximum atomic E-state index is 11.8. The highest BCUT2D eigenvalue weighted by Crippen LogP contribution is 2.28. The van der Waals surface area contributed by atoms with E-state index in [1.54, 1.807) is 4.08 Å². The molecule has 0 aromatic carbocycles. The first-order chi connectivity index (χ1) is 9.47. The SMILES string of the molecule is O=c1[nH]c(=O)n([C@@H]2O[C@H](CO)CC2O)cc1C(Br)=CI. The molecular weight excluding hydrogens is 447 g/mol. The predicted molar refractivity (Wildman–Crippen MR) is 83.9 cm³/mol. The van der Waals surface area contributed by atoms with E-state index >= 15 is 0 Å². The number of hydrogen-bond acceptors (Lipinski definition) is 5. The summed E-state index contributed by atoms with van der Waals surface area (Å²) in [6.07, 6.45) is -0.823. The zero-order chi connectivity index (χ0) is 14.9. The summed E-state index contributed by atoms with van der Waals surface area (Å²) in [5, 5.41) is 19.0. The van der Waals surface area contributed by atoms with Crippen molar-refractivity contribution in [1.82, 2.24) is 9.55 Å². The molecule has 0 radical (unpaired) electrons. The van der Waals surface area contributed by atoms with E-state index in [2.05, 4.69) is 20.9 Å². The second-order valence-corrected chi connectivity index (χ2v) is 5.78. The summed E-state index contributed by atoms with van der Waals surface area (Å²) < 4.78 is 8.68. The molecule has 0 saturated carbocycles. The summed E-state index contributed by atoms with van der Waals surface area (Å²) in [6.45, 7) is -0.240. The Morgan fingerprint density at radius 3 is 2.90 bits per heavy atom. The Kier molecular flexibility index (Phi) is 5.18. The molecule has 110 valence electrons. The minimum absolute atomic E-state index is 0.228. The van der Waals surface area contributed by atoms with Gasteiger partial charge in [-0.2, -0.15) is 0 Å². The van der Waals surface area contributed by atoms with Crippen LogP contribution in [0.15, 0.2) is 19.9 Å². The fraction of sp³-hybridized carbons (Fsp3) is 0.455. The Balaban J connectivity index is 2.47. The van der Waals surface area contributed by atoms with Crippen molar-refractivity contribution >= 4 is 43.0 Å². The van der Waals surface area contributed by atoms with E-state index in [1.165, 1.54) is 6.20 Å². The zero-order valence-electron chi connectivity index (χ0n) is 10.1. The lowest BCUT2D eigenvalue weighted by Gasteiger charge is -2.17. The van der Waals surface area contributed by atoms with Crippen LogP contribution in [0.4, 0.5) is 0 Å². The maximum Gasteiger partial charge on any atom is 0.330 e. The quantitative estimate of drug-likeness (QED) is 0.565. The average molecular weight is 459 g/mol. The number of aromatic amines is 1. The molecule has 0 spiro atoms. The molecule has 7 nitrogen and oxygen atoms in total. The van der Waals surface area contributed by atoms with Gasteiger partial charge < -0.3 is 14.9 Å². The zero-order valence-corrected chi connectivity index (χ0v) is 13.9. The highest BCUT2D eigenvalue weighted by atomic mass is 127. The van der Waals surface area contributed by atoms with Crippen LogP contribution in [0.25, 0.3) is 4.48 Å². The molecule has 1 aromatic rings. The molecule has 1 aliphatic heterocycles. The number of H-pyrrole nitrogens is 1. The standard InChI is InChI=1S/C11H12BrIN2O5/c12-7(2-13)6-3-15(11(19)14-9(6)18)10-8(17)1-5(4-16)20-10/h2-3,5,8,10,16-17H,1,4H2,(H,14,18,19)/t5-,8?,10+/m0/s1. The van der Waals surface area contributed by atoms with Crippen molar-refractivity contribution in [2.24, 2.45) is 0 Å². The number of nitrogens with one attached hydrogen (secondary N) is 1. The fourth-order valence-electron chi connectivity index (χ4n) is 2.00. The molecule has 9 heteroatoms. The number of hydrogen-bond donors (Lipinski definition) is 3. The third-order valence-corrected chi connectivity index (χ3v) is 5.10. The summed E-state index contributed by atoms with van der Waals surface area (Å²) in [4.78, 5) is 25.7. The van der Waals surface area contributed by atoms with E-state index in [4.69, 9.17) is 9.84 Å². The van der Waals surface area contributed by atoms with Crippen molar-refractivity contribution in [3.8, 4) is 0 Å². The molecule has 0 amide bonds. The lowest BCUT2D eigenvalue weighted by molar-refractivity contribution is -0.0530. The van der Waals surface area contributed by atoms with Crippen LogP contribution in [-0.2, 0) is 4.74 Å². The first kappa shape index (κ1) is 15.9. The largest absolute Gasteiger partial charge is 0.394 e. The monoisotopic (exact) mass is 458 g/mol. The van der Waals surface area contributed by atoms with Gasteiger partial charge in [0.2, 0.25) is 0 Å². The molecule has 3 atom stereocenters. The smallest absolute Gasteiger partial charge is 0.330 e. The molecule has 0 aliphatic carbocycles. The Labute approximate surface area is 135 Å². The van der Waals surface area contributed by atoms with Crippen LogP contribution in [0.1, 0.15) is 18.2 Å². The van der Waals surface area contributed by atoms with Crippen LogP contribution in [-0.4, -0.2) is 38.6 Å². The van der Waals surface area contributed by atoms with Crippen LogP contribution in [0.2, 0.25) is 0 Å². The third-order valence-electron chi connectivity index (χ3n) is 2.96. The Hall–Kier alpha value is -0.490. The molecule has 1 aliphatic rings. The van der Waals surface area contributed by atoms with Crippen LogP contribution in [0, 0.1) is 0 Å². The lowest BCUT2D eigenvalue weighted by atomic mass is 10.2. The van der Waals surface area contributed by atoms with Crippen molar-refractivity contribution in [2.75, 3.05) is 6.61 Å².